The SMILES string of the molecule is COC(C)(C)C(=O)N1CC[C@@H]2[C@@H](CCC(=O)N2CCc2ccccc2)C1. The van der Waals surface area contributed by atoms with Gasteiger partial charge in [0.1, 0.15) is 5.60 Å². The zero-order valence-corrected chi connectivity index (χ0v) is 16.1. The summed E-state index contributed by atoms with van der Waals surface area (Å²) in [6.45, 7) is 5.82. The lowest BCUT2D eigenvalue weighted by molar-refractivity contribution is -0.156. The first-order valence-electron chi connectivity index (χ1n) is 9.60. The van der Waals surface area contributed by atoms with Crippen molar-refractivity contribution in [1.29, 1.82) is 0 Å². The van der Waals surface area contributed by atoms with E-state index in [4.69, 9.17) is 4.74 Å². The predicted octanol–water partition coefficient (Wildman–Crippen LogP) is 2.49. The highest BCUT2D eigenvalue weighted by Gasteiger charge is 2.42. The second kappa shape index (κ2) is 7.78. The van der Waals surface area contributed by atoms with Gasteiger partial charge in [0.25, 0.3) is 5.91 Å². The molecule has 142 valence electrons. The zero-order valence-electron chi connectivity index (χ0n) is 16.1. The minimum Gasteiger partial charge on any atom is -0.369 e. The van der Waals surface area contributed by atoms with E-state index in [1.807, 2.05) is 36.9 Å². The van der Waals surface area contributed by atoms with Crippen molar-refractivity contribution in [1.82, 2.24) is 9.80 Å². The number of nitrogens with zero attached hydrogens (tertiary/aromatic N) is 2. The van der Waals surface area contributed by atoms with Gasteiger partial charge in [0.05, 0.1) is 0 Å². The third kappa shape index (κ3) is 3.93. The average Bonchev–Trinajstić information content (AvgIpc) is 2.67. The van der Waals surface area contributed by atoms with Crippen molar-refractivity contribution >= 4 is 11.8 Å². The first-order valence-corrected chi connectivity index (χ1v) is 9.60. The summed E-state index contributed by atoms with van der Waals surface area (Å²) in [6.07, 6.45) is 3.21. The van der Waals surface area contributed by atoms with Crippen LogP contribution in [-0.4, -0.2) is 60.0 Å². The number of hydrogen-bond acceptors (Lipinski definition) is 3. The van der Waals surface area contributed by atoms with Gasteiger partial charge in [-0.2, -0.15) is 0 Å². The number of piperidine rings is 2. The Bertz CT molecular complexity index is 644. The number of ether oxygens (including phenoxy) is 1. The quantitative estimate of drug-likeness (QED) is 0.813. The van der Waals surface area contributed by atoms with E-state index in [0.717, 1.165) is 32.4 Å². The van der Waals surface area contributed by atoms with E-state index >= 15 is 0 Å². The fourth-order valence-electron chi connectivity index (χ4n) is 4.19. The molecule has 2 aliphatic heterocycles. The molecule has 0 N–H and O–H groups in total. The number of amides is 2. The van der Waals surface area contributed by atoms with Crippen LogP contribution >= 0.6 is 0 Å². The van der Waals surface area contributed by atoms with Crippen LogP contribution in [0.5, 0.6) is 0 Å². The third-order valence-electron chi connectivity index (χ3n) is 5.94. The molecule has 26 heavy (non-hydrogen) atoms. The molecule has 3 rings (SSSR count). The van der Waals surface area contributed by atoms with Crippen LogP contribution in [0.25, 0.3) is 0 Å². The largest absolute Gasteiger partial charge is 0.369 e. The monoisotopic (exact) mass is 358 g/mol. The molecule has 2 atom stereocenters. The predicted molar refractivity (Wildman–Crippen MR) is 101 cm³/mol. The molecule has 0 radical (unpaired) electrons. The Kier molecular flexibility index (Phi) is 5.66. The molecule has 5 heteroatoms. The van der Waals surface area contributed by atoms with Crippen LogP contribution < -0.4 is 0 Å². The molecule has 2 saturated heterocycles. The lowest BCUT2D eigenvalue weighted by atomic mass is 9.83. The van der Waals surface area contributed by atoms with Crippen LogP contribution in [0, 0.1) is 5.92 Å². The number of methoxy groups -OCH3 is 1. The third-order valence-corrected chi connectivity index (χ3v) is 5.94. The first-order chi connectivity index (χ1) is 12.4. The maximum Gasteiger partial charge on any atom is 0.254 e. The fraction of sp³-hybridized carbons (Fsp3) is 0.619. The Hall–Kier alpha value is -1.88. The normalized spacial score (nSPS) is 23.7. The maximum absolute atomic E-state index is 12.7. The number of carbonyl (C=O) groups is 2. The maximum atomic E-state index is 12.7. The average molecular weight is 358 g/mol. The molecule has 1 aromatic rings. The molecule has 2 fully saturated rings. The van der Waals surface area contributed by atoms with Crippen molar-refractivity contribution in [3.05, 3.63) is 35.9 Å². The van der Waals surface area contributed by atoms with Crippen LogP contribution in [0.1, 0.15) is 38.7 Å². The summed E-state index contributed by atoms with van der Waals surface area (Å²) in [6, 6.07) is 10.6. The number of fused-ring (bicyclic) bond motifs is 1. The summed E-state index contributed by atoms with van der Waals surface area (Å²) in [4.78, 5) is 29.2. The topological polar surface area (TPSA) is 49.9 Å². The molecular weight excluding hydrogens is 328 g/mol. The van der Waals surface area contributed by atoms with E-state index < -0.39 is 5.60 Å². The van der Waals surface area contributed by atoms with Gasteiger partial charge in [0.2, 0.25) is 5.91 Å². The highest BCUT2D eigenvalue weighted by Crippen LogP contribution is 2.32. The molecular formula is C21H30N2O3. The van der Waals surface area contributed by atoms with E-state index in [1.54, 1.807) is 7.11 Å². The van der Waals surface area contributed by atoms with Crippen molar-refractivity contribution in [2.24, 2.45) is 5.92 Å². The Labute approximate surface area is 156 Å². The summed E-state index contributed by atoms with van der Waals surface area (Å²) >= 11 is 0. The summed E-state index contributed by atoms with van der Waals surface area (Å²) < 4.78 is 5.36. The Morgan fingerprint density at radius 3 is 2.65 bits per heavy atom. The highest BCUT2D eigenvalue weighted by atomic mass is 16.5. The van der Waals surface area contributed by atoms with Crippen LogP contribution in [0.3, 0.4) is 0 Å². The van der Waals surface area contributed by atoms with Crippen LogP contribution in [-0.2, 0) is 20.7 Å². The number of benzene rings is 1. The number of carbonyl (C=O) groups excluding carboxylic acids is 2. The fourth-order valence-corrected chi connectivity index (χ4v) is 4.19. The van der Waals surface area contributed by atoms with Gasteiger partial charge in [-0.1, -0.05) is 30.3 Å². The van der Waals surface area contributed by atoms with Crippen molar-refractivity contribution in [3.8, 4) is 0 Å². The Morgan fingerprint density at radius 2 is 1.96 bits per heavy atom. The number of likely N-dealkylation sites (tertiary alicyclic amines) is 2. The summed E-state index contributed by atoms with van der Waals surface area (Å²) in [5.41, 5.74) is 0.474. The molecule has 0 unspecified atom stereocenters. The summed E-state index contributed by atoms with van der Waals surface area (Å²) in [7, 11) is 1.58. The van der Waals surface area contributed by atoms with Gasteiger partial charge in [-0.15, -0.1) is 0 Å². The van der Waals surface area contributed by atoms with Crippen LogP contribution in [0.15, 0.2) is 30.3 Å². The molecule has 1 aromatic carbocycles. The van der Waals surface area contributed by atoms with Gasteiger partial charge in [-0.05, 0) is 44.6 Å². The lowest BCUT2D eigenvalue weighted by Crippen LogP contribution is -2.59. The summed E-state index contributed by atoms with van der Waals surface area (Å²) in [5.74, 6) is 0.680. The van der Waals surface area contributed by atoms with E-state index in [1.165, 1.54) is 5.56 Å². The van der Waals surface area contributed by atoms with Gasteiger partial charge in [0, 0.05) is 39.2 Å². The van der Waals surface area contributed by atoms with E-state index in [2.05, 4.69) is 17.0 Å². The van der Waals surface area contributed by atoms with Gasteiger partial charge >= 0.3 is 0 Å². The van der Waals surface area contributed by atoms with Crippen LogP contribution in [0.2, 0.25) is 0 Å². The molecule has 2 aliphatic rings. The molecule has 0 saturated carbocycles. The minimum atomic E-state index is -0.787. The second-order valence-electron chi connectivity index (χ2n) is 7.94. The van der Waals surface area contributed by atoms with Crippen LogP contribution in [0.4, 0.5) is 0 Å². The van der Waals surface area contributed by atoms with E-state index in [-0.39, 0.29) is 17.9 Å². The first kappa shape index (κ1) is 18.9. The van der Waals surface area contributed by atoms with Gasteiger partial charge in [-0.3, -0.25) is 9.59 Å². The second-order valence-corrected chi connectivity index (χ2v) is 7.94. The Morgan fingerprint density at radius 1 is 1.23 bits per heavy atom. The van der Waals surface area contributed by atoms with Gasteiger partial charge in [-0.25, -0.2) is 0 Å². The van der Waals surface area contributed by atoms with E-state index in [0.29, 0.717) is 18.9 Å². The van der Waals surface area contributed by atoms with Crippen molar-refractivity contribution in [3.63, 3.8) is 0 Å². The zero-order chi connectivity index (χ0) is 18.7. The molecule has 0 aliphatic carbocycles. The minimum absolute atomic E-state index is 0.0474. The van der Waals surface area contributed by atoms with Crippen molar-refractivity contribution in [2.75, 3.05) is 26.7 Å². The molecule has 0 bridgehead atoms. The molecule has 2 heterocycles. The van der Waals surface area contributed by atoms with Crippen molar-refractivity contribution < 1.29 is 14.3 Å². The number of hydrogen-bond donors (Lipinski definition) is 0. The lowest BCUT2D eigenvalue weighted by Gasteiger charge is -2.48. The molecule has 2 amide bonds. The highest BCUT2D eigenvalue weighted by molar-refractivity contribution is 5.84. The van der Waals surface area contributed by atoms with Gasteiger partial charge in [0.15, 0.2) is 0 Å². The Balaban J connectivity index is 1.64. The summed E-state index contributed by atoms with van der Waals surface area (Å²) in [5, 5.41) is 0. The molecule has 0 spiro atoms. The van der Waals surface area contributed by atoms with Crippen molar-refractivity contribution in [2.45, 2.75) is 51.2 Å². The number of rotatable bonds is 5. The van der Waals surface area contributed by atoms with Gasteiger partial charge < -0.3 is 14.5 Å². The van der Waals surface area contributed by atoms with E-state index in [9.17, 15) is 9.59 Å². The molecule has 0 aromatic heterocycles. The standard InChI is InChI=1S/C21H30N2O3/c1-21(2,26-3)20(25)22-13-12-18-17(15-22)9-10-19(24)23(18)14-11-16-7-5-4-6-8-16/h4-8,17-18H,9-15H2,1-3H3/t17-,18+/m0/s1. The smallest absolute Gasteiger partial charge is 0.254 e. The molecule has 5 nitrogen and oxygen atoms in total.